The van der Waals surface area contributed by atoms with E-state index in [0.29, 0.717) is 24.0 Å². The highest BCUT2D eigenvalue weighted by atomic mass is 35.5. The molecular formula is C9H9ClN2OS. The van der Waals surface area contributed by atoms with Gasteiger partial charge in [-0.3, -0.25) is 0 Å². The third-order valence-corrected chi connectivity index (χ3v) is 2.82. The number of nitrogens with zero attached hydrogens (tertiary/aromatic N) is 2. The van der Waals surface area contributed by atoms with Crippen LogP contribution in [0.1, 0.15) is 10.8 Å². The van der Waals surface area contributed by atoms with Gasteiger partial charge in [0.25, 0.3) is 0 Å². The molecule has 2 aromatic rings. The van der Waals surface area contributed by atoms with E-state index in [1.165, 1.54) is 4.88 Å². The molecule has 0 aliphatic rings. The maximum Gasteiger partial charge on any atom is 0.228 e. The average molecular weight is 229 g/mol. The second-order valence-electron chi connectivity index (χ2n) is 2.90. The SMILES string of the molecule is Cc1cc(-c2noc(CCCl)n2)cs1. The summed E-state index contributed by atoms with van der Waals surface area (Å²) < 4.78 is 5.03. The molecule has 0 atom stereocenters. The minimum atomic E-state index is 0.504. The molecule has 2 aromatic heterocycles. The summed E-state index contributed by atoms with van der Waals surface area (Å²) in [5.41, 5.74) is 1.01. The van der Waals surface area contributed by atoms with E-state index in [-0.39, 0.29) is 0 Å². The summed E-state index contributed by atoms with van der Waals surface area (Å²) in [6.07, 6.45) is 0.623. The summed E-state index contributed by atoms with van der Waals surface area (Å²) in [5, 5.41) is 5.90. The van der Waals surface area contributed by atoms with Crippen LogP contribution in [0.5, 0.6) is 0 Å². The zero-order valence-electron chi connectivity index (χ0n) is 7.66. The lowest BCUT2D eigenvalue weighted by atomic mass is 10.3. The van der Waals surface area contributed by atoms with E-state index in [4.69, 9.17) is 16.1 Å². The molecule has 0 bridgehead atoms. The quantitative estimate of drug-likeness (QED) is 0.759. The summed E-state index contributed by atoms with van der Waals surface area (Å²) in [5.74, 6) is 1.75. The molecule has 0 aliphatic heterocycles. The Balaban J connectivity index is 2.24. The van der Waals surface area contributed by atoms with E-state index in [1.807, 2.05) is 18.4 Å². The molecule has 0 spiro atoms. The van der Waals surface area contributed by atoms with Crippen LogP contribution >= 0.6 is 22.9 Å². The first-order valence-corrected chi connectivity index (χ1v) is 5.65. The maximum absolute atomic E-state index is 5.57. The van der Waals surface area contributed by atoms with Gasteiger partial charge in [0.15, 0.2) is 0 Å². The molecule has 2 rings (SSSR count). The van der Waals surface area contributed by atoms with Gasteiger partial charge in [-0.1, -0.05) is 5.16 Å². The van der Waals surface area contributed by atoms with E-state index in [9.17, 15) is 0 Å². The summed E-state index contributed by atoms with van der Waals surface area (Å²) in [4.78, 5) is 5.47. The second kappa shape index (κ2) is 4.11. The Morgan fingerprint density at radius 2 is 2.43 bits per heavy atom. The second-order valence-corrected chi connectivity index (χ2v) is 4.39. The van der Waals surface area contributed by atoms with Crippen molar-refractivity contribution in [2.75, 3.05) is 5.88 Å². The number of aromatic nitrogens is 2. The lowest BCUT2D eigenvalue weighted by molar-refractivity contribution is 0.383. The van der Waals surface area contributed by atoms with E-state index >= 15 is 0 Å². The Hall–Kier alpha value is -0.870. The standard InChI is InChI=1S/C9H9ClN2OS/c1-6-4-7(5-14-6)9-11-8(2-3-10)13-12-9/h4-5H,2-3H2,1H3. The molecular weight excluding hydrogens is 220 g/mol. The van der Waals surface area contributed by atoms with Crippen LogP contribution in [0.25, 0.3) is 11.4 Å². The zero-order valence-corrected chi connectivity index (χ0v) is 9.23. The van der Waals surface area contributed by atoms with E-state index in [2.05, 4.69) is 10.1 Å². The number of aryl methyl sites for hydroxylation is 2. The van der Waals surface area contributed by atoms with Crippen molar-refractivity contribution in [1.82, 2.24) is 10.1 Å². The van der Waals surface area contributed by atoms with Crippen LogP contribution in [0.2, 0.25) is 0 Å². The molecule has 0 saturated carbocycles. The van der Waals surface area contributed by atoms with Crippen molar-refractivity contribution in [2.45, 2.75) is 13.3 Å². The van der Waals surface area contributed by atoms with E-state index < -0.39 is 0 Å². The maximum atomic E-state index is 5.57. The molecule has 0 N–H and O–H groups in total. The van der Waals surface area contributed by atoms with Gasteiger partial charge in [0.1, 0.15) is 0 Å². The Labute approximate surface area is 90.7 Å². The van der Waals surface area contributed by atoms with Gasteiger partial charge in [-0.15, -0.1) is 22.9 Å². The first-order chi connectivity index (χ1) is 6.79. The van der Waals surface area contributed by atoms with Crippen LogP contribution in [-0.2, 0) is 6.42 Å². The van der Waals surface area contributed by atoms with Crippen molar-refractivity contribution in [3.8, 4) is 11.4 Å². The van der Waals surface area contributed by atoms with Gasteiger partial charge in [-0.2, -0.15) is 4.98 Å². The predicted octanol–water partition coefficient (Wildman–Crippen LogP) is 2.89. The van der Waals surface area contributed by atoms with Crippen LogP contribution in [-0.4, -0.2) is 16.0 Å². The van der Waals surface area contributed by atoms with Crippen LogP contribution in [0.3, 0.4) is 0 Å². The highest BCUT2D eigenvalue weighted by Crippen LogP contribution is 2.22. The third-order valence-electron chi connectivity index (χ3n) is 1.77. The van der Waals surface area contributed by atoms with Crippen molar-refractivity contribution in [3.63, 3.8) is 0 Å². The number of halogens is 1. The Kier molecular flexibility index (Phi) is 2.84. The summed E-state index contributed by atoms with van der Waals surface area (Å²) in [6.45, 7) is 2.05. The molecule has 0 aromatic carbocycles. The van der Waals surface area contributed by atoms with Crippen molar-refractivity contribution in [2.24, 2.45) is 0 Å². The number of hydrogen-bond donors (Lipinski definition) is 0. The largest absolute Gasteiger partial charge is 0.339 e. The number of hydrogen-bond acceptors (Lipinski definition) is 4. The fourth-order valence-electron chi connectivity index (χ4n) is 1.12. The van der Waals surface area contributed by atoms with Gasteiger partial charge in [-0.05, 0) is 13.0 Å². The van der Waals surface area contributed by atoms with Gasteiger partial charge < -0.3 is 4.52 Å². The third kappa shape index (κ3) is 1.96. The highest BCUT2D eigenvalue weighted by molar-refractivity contribution is 7.10. The fourth-order valence-corrected chi connectivity index (χ4v) is 1.96. The zero-order chi connectivity index (χ0) is 9.97. The molecule has 0 fully saturated rings. The van der Waals surface area contributed by atoms with Gasteiger partial charge in [0.05, 0.1) is 0 Å². The number of rotatable bonds is 3. The summed E-state index contributed by atoms with van der Waals surface area (Å²) >= 11 is 7.24. The van der Waals surface area contributed by atoms with Crippen LogP contribution in [0.4, 0.5) is 0 Å². The number of alkyl halides is 1. The molecule has 0 amide bonds. The molecule has 0 radical (unpaired) electrons. The van der Waals surface area contributed by atoms with Crippen LogP contribution in [0, 0.1) is 6.92 Å². The van der Waals surface area contributed by atoms with Crippen molar-refractivity contribution in [1.29, 1.82) is 0 Å². The van der Waals surface area contributed by atoms with Crippen LogP contribution < -0.4 is 0 Å². The van der Waals surface area contributed by atoms with Gasteiger partial charge in [0.2, 0.25) is 11.7 Å². The summed E-state index contributed by atoms with van der Waals surface area (Å²) in [7, 11) is 0. The smallest absolute Gasteiger partial charge is 0.228 e. The first kappa shape index (κ1) is 9.68. The molecule has 0 unspecified atom stereocenters. The monoisotopic (exact) mass is 228 g/mol. The van der Waals surface area contributed by atoms with E-state index in [0.717, 1.165) is 5.56 Å². The Morgan fingerprint density at radius 3 is 3.07 bits per heavy atom. The first-order valence-electron chi connectivity index (χ1n) is 4.23. The van der Waals surface area contributed by atoms with Gasteiger partial charge in [0, 0.05) is 28.1 Å². The molecule has 2 heterocycles. The van der Waals surface area contributed by atoms with Gasteiger partial charge >= 0.3 is 0 Å². The Morgan fingerprint density at radius 1 is 1.57 bits per heavy atom. The van der Waals surface area contributed by atoms with Crippen molar-refractivity contribution >= 4 is 22.9 Å². The number of thiophene rings is 1. The van der Waals surface area contributed by atoms with Crippen molar-refractivity contribution < 1.29 is 4.52 Å². The minimum Gasteiger partial charge on any atom is -0.339 e. The van der Waals surface area contributed by atoms with E-state index in [1.54, 1.807) is 11.3 Å². The molecule has 0 aliphatic carbocycles. The minimum absolute atomic E-state index is 0.504. The lowest BCUT2D eigenvalue weighted by Gasteiger charge is -1.83. The molecule has 74 valence electrons. The molecule has 14 heavy (non-hydrogen) atoms. The van der Waals surface area contributed by atoms with Crippen molar-refractivity contribution in [3.05, 3.63) is 22.2 Å². The summed E-state index contributed by atoms with van der Waals surface area (Å²) in [6, 6.07) is 2.04. The highest BCUT2D eigenvalue weighted by Gasteiger charge is 2.08. The lowest BCUT2D eigenvalue weighted by Crippen LogP contribution is -1.85. The fraction of sp³-hybridized carbons (Fsp3) is 0.333. The van der Waals surface area contributed by atoms with Gasteiger partial charge in [-0.25, -0.2) is 0 Å². The van der Waals surface area contributed by atoms with Crippen LogP contribution in [0.15, 0.2) is 16.0 Å². The predicted molar refractivity (Wildman–Crippen MR) is 56.8 cm³/mol. The Bertz CT molecular complexity index is 424. The average Bonchev–Trinajstić information content (AvgIpc) is 2.74. The topological polar surface area (TPSA) is 38.9 Å². The molecule has 3 nitrogen and oxygen atoms in total. The molecule has 5 heteroatoms. The normalized spacial score (nSPS) is 10.7. The molecule has 0 saturated heterocycles.